The molecule has 0 aliphatic rings. The normalized spacial score (nSPS) is 11.2. The Kier molecular flexibility index (Phi) is 5.86. The molecule has 4 heteroatoms. The zero-order chi connectivity index (χ0) is 15.2. The van der Waals surface area contributed by atoms with Gasteiger partial charge >= 0.3 is 0 Å². The number of benzene rings is 1. The van der Waals surface area contributed by atoms with Crippen LogP contribution in [0.2, 0.25) is 0 Å². The van der Waals surface area contributed by atoms with Gasteiger partial charge in [-0.15, -0.1) is 0 Å². The zero-order valence-corrected chi connectivity index (χ0v) is 13.0. The van der Waals surface area contributed by atoms with Crippen molar-refractivity contribution in [2.75, 3.05) is 12.3 Å². The molecule has 1 aromatic carbocycles. The molecule has 0 bridgehead atoms. The van der Waals surface area contributed by atoms with Crippen molar-refractivity contribution in [1.82, 2.24) is 5.32 Å². The highest BCUT2D eigenvalue weighted by atomic mass is 16.5. The van der Waals surface area contributed by atoms with Crippen molar-refractivity contribution in [3.05, 3.63) is 23.8 Å². The molecule has 1 amide bonds. The highest BCUT2D eigenvalue weighted by molar-refractivity contribution is 5.99. The number of carbonyl (C=O) groups is 1. The second-order valence-corrected chi connectivity index (χ2v) is 4.95. The van der Waals surface area contributed by atoms with Crippen molar-refractivity contribution in [2.24, 2.45) is 0 Å². The number of hydrogen-bond donors (Lipinski definition) is 2. The van der Waals surface area contributed by atoms with Crippen LogP contribution in [-0.4, -0.2) is 18.1 Å². The fourth-order valence-corrected chi connectivity index (χ4v) is 2.36. The second kappa shape index (κ2) is 7.17. The van der Waals surface area contributed by atoms with Crippen molar-refractivity contribution in [3.8, 4) is 5.75 Å². The molecule has 0 fully saturated rings. The first-order valence-electron chi connectivity index (χ1n) is 7.37. The summed E-state index contributed by atoms with van der Waals surface area (Å²) >= 11 is 0. The molecule has 0 saturated heterocycles. The van der Waals surface area contributed by atoms with Crippen LogP contribution in [0, 0.1) is 0 Å². The minimum Gasteiger partial charge on any atom is -0.491 e. The minimum atomic E-state index is -0.162. The van der Waals surface area contributed by atoms with Gasteiger partial charge in [0.25, 0.3) is 5.91 Å². The number of anilines is 1. The van der Waals surface area contributed by atoms with Gasteiger partial charge in [-0.25, -0.2) is 0 Å². The predicted octanol–water partition coefficient (Wildman–Crippen LogP) is 3.37. The third-order valence-electron chi connectivity index (χ3n) is 3.99. The maximum absolute atomic E-state index is 12.5. The average Bonchev–Trinajstić information content (AvgIpc) is 2.47. The quantitative estimate of drug-likeness (QED) is 0.752. The lowest BCUT2D eigenvalue weighted by Crippen LogP contribution is -2.47. The summed E-state index contributed by atoms with van der Waals surface area (Å²) in [6.45, 7) is 8.64. The van der Waals surface area contributed by atoms with E-state index in [-0.39, 0.29) is 11.4 Å². The van der Waals surface area contributed by atoms with E-state index in [0.29, 0.717) is 23.6 Å². The van der Waals surface area contributed by atoms with E-state index in [1.807, 2.05) is 6.92 Å². The van der Waals surface area contributed by atoms with E-state index in [1.54, 1.807) is 18.2 Å². The number of para-hydroxylation sites is 1. The molecule has 1 aromatic rings. The number of nitrogens with one attached hydrogen (secondary N) is 1. The molecule has 0 aromatic heterocycles. The molecule has 0 spiro atoms. The summed E-state index contributed by atoms with van der Waals surface area (Å²) < 4.78 is 5.52. The maximum Gasteiger partial charge on any atom is 0.255 e. The van der Waals surface area contributed by atoms with Crippen LogP contribution in [-0.2, 0) is 0 Å². The van der Waals surface area contributed by atoms with Crippen molar-refractivity contribution >= 4 is 11.6 Å². The molecule has 3 N–H and O–H groups in total. The van der Waals surface area contributed by atoms with E-state index in [9.17, 15) is 4.79 Å². The molecule has 0 heterocycles. The van der Waals surface area contributed by atoms with Crippen molar-refractivity contribution < 1.29 is 9.53 Å². The van der Waals surface area contributed by atoms with Crippen molar-refractivity contribution in [3.63, 3.8) is 0 Å². The monoisotopic (exact) mass is 278 g/mol. The fraction of sp³-hybridized carbons (Fsp3) is 0.562. The lowest BCUT2D eigenvalue weighted by atomic mass is 9.89. The number of hydrogen-bond acceptors (Lipinski definition) is 3. The van der Waals surface area contributed by atoms with E-state index >= 15 is 0 Å². The first-order valence-corrected chi connectivity index (χ1v) is 7.37. The van der Waals surface area contributed by atoms with Crippen LogP contribution in [0.1, 0.15) is 57.3 Å². The fourth-order valence-electron chi connectivity index (χ4n) is 2.36. The van der Waals surface area contributed by atoms with E-state index < -0.39 is 0 Å². The molecular weight excluding hydrogens is 252 g/mol. The van der Waals surface area contributed by atoms with Crippen LogP contribution < -0.4 is 15.8 Å². The van der Waals surface area contributed by atoms with Crippen LogP contribution in [0.15, 0.2) is 18.2 Å². The van der Waals surface area contributed by atoms with Crippen LogP contribution >= 0.6 is 0 Å². The van der Waals surface area contributed by atoms with Crippen LogP contribution in [0.4, 0.5) is 5.69 Å². The van der Waals surface area contributed by atoms with Gasteiger partial charge in [-0.2, -0.15) is 0 Å². The predicted molar refractivity (Wildman–Crippen MR) is 83.1 cm³/mol. The summed E-state index contributed by atoms with van der Waals surface area (Å²) in [6.07, 6.45) is 2.70. The summed E-state index contributed by atoms with van der Waals surface area (Å²) in [4.78, 5) is 12.5. The van der Waals surface area contributed by atoms with Crippen LogP contribution in [0.25, 0.3) is 0 Å². The first-order chi connectivity index (χ1) is 9.53. The molecule has 0 aliphatic carbocycles. The van der Waals surface area contributed by atoms with Gasteiger partial charge in [0.1, 0.15) is 0 Å². The Balaban J connectivity index is 3.06. The first kappa shape index (κ1) is 16.3. The van der Waals surface area contributed by atoms with E-state index in [4.69, 9.17) is 10.5 Å². The standard InChI is InChI=1S/C16H26N2O2/c1-5-16(6-2,7-3)18-15(19)12-10-9-11-13(17)14(12)20-8-4/h9-11H,5-8,17H2,1-4H3,(H,18,19). The summed E-state index contributed by atoms with van der Waals surface area (Å²) in [7, 11) is 0. The SMILES string of the molecule is CCOc1c(N)cccc1C(=O)NC(CC)(CC)CC. The lowest BCUT2D eigenvalue weighted by molar-refractivity contribution is 0.0884. The molecule has 0 aliphatic heterocycles. The van der Waals surface area contributed by atoms with Gasteiger partial charge in [-0.1, -0.05) is 26.8 Å². The number of carbonyl (C=O) groups excluding carboxylic acids is 1. The Labute approximate surface area is 121 Å². The van der Waals surface area contributed by atoms with Crippen molar-refractivity contribution in [1.29, 1.82) is 0 Å². The van der Waals surface area contributed by atoms with Gasteiger partial charge in [-0.05, 0) is 38.3 Å². The summed E-state index contributed by atoms with van der Waals surface area (Å²) in [6, 6.07) is 5.27. The Morgan fingerprint density at radius 3 is 2.30 bits per heavy atom. The van der Waals surface area contributed by atoms with Gasteiger partial charge in [0.05, 0.1) is 17.9 Å². The molecule has 0 saturated carbocycles. The number of rotatable bonds is 7. The van der Waals surface area contributed by atoms with Crippen LogP contribution in [0.5, 0.6) is 5.75 Å². The maximum atomic E-state index is 12.5. The van der Waals surface area contributed by atoms with E-state index in [2.05, 4.69) is 26.1 Å². The third-order valence-corrected chi connectivity index (χ3v) is 3.99. The Hall–Kier alpha value is -1.71. The lowest BCUT2D eigenvalue weighted by Gasteiger charge is -2.32. The number of amides is 1. The molecule has 0 unspecified atom stereocenters. The van der Waals surface area contributed by atoms with Gasteiger partial charge in [0.2, 0.25) is 0 Å². The van der Waals surface area contributed by atoms with Gasteiger partial charge in [0.15, 0.2) is 5.75 Å². The Morgan fingerprint density at radius 1 is 1.20 bits per heavy atom. The average molecular weight is 278 g/mol. The van der Waals surface area contributed by atoms with Gasteiger partial charge in [0, 0.05) is 5.54 Å². The van der Waals surface area contributed by atoms with Gasteiger partial charge < -0.3 is 15.8 Å². The van der Waals surface area contributed by atoms with Gasteiger partial charge in [-0.3, -0.25) is 4.79 Å². The summed E-state index contributed by atoms with van der Waals surface area (Å²) in [5.74, 6) is 0.357. The minimum absolute atomic E-state index is 0.119. The smallest absolute Gasteiger partial charge is 0.255 e. The summed E-state index contributed by atoms with van der Waals surface area (Å²) in [5.41, 5.74) is 6.74. The van der Waals surface area contributed by atoms with E-state index in [0.717, 1.165) is 19.3 Å². The summed E-state index contributed by atoms with van der Waals surface area (Å²) in [5, 5.41) is 3.15. The molecule has 0 atom stereocenters. The molecule has 0 radical (unpaired) electrons. The highest BCUT2D eigenvalue weighted by Crippen LogP contribution is 2.28. The molecule has 1 rings (SSSR count). The number of ether oxygens (including phenoxy) is 1. The number of nitrogen functional groups attached to an aromatic ring is 1. The topological polar surface area (TPSA) is 64.3 Å². The van der Waals surface area contributed by atoms with Crippen molar-refractivity contribution in [2.45, 2.75) is 52.5 Å². The molecule has 112 valence electrons. The third kappa shape index (κ3) is 3.44. The zero-order valence-electron chi connectivity index (χ0n) is 13.0. The molecule has 4 nitrogen and oxygen atoms in total. The Bertz CT molecular complexity index is 446. The molecular formula is C16H26N2O2. The second-order valence-electron chi connectivity index (χ2n) is 4.95. The number of nitrogens with two attached hydrogens (primary N) is 1. The molecule has 20 heavy (non-hydrogen) atoms. The van der Waals surface area contributed by atoms with E-state index in [1.165, 1.54) is 0 Å². The van der Waals surface area contributed by atoms with Crippen LogP contribution in [0.3, 0.4) is 0 Å². The highest BCUT2D eigenvalue weighted by Gasteiger charge is 2.27. The largest absolute Gasteiger partial charge is 0.491 e. The Morgan fingerprint density at radius 2 is 1.80 bits per heavy atom.